The molecule has 2 amide bonds. The molecule has 2 saturated heterocycles. The Balaban J connectivity index is 1.33. The fourth-order valence-electron chi connectivity index (χ4n) is 7.00. The number of hydrogen-bond donors (Lipinski definition) is 0. The van der Waals surface area contributed by atoms with Gasteiger partial charge in [0.15, 0.2) is 0 Å². The Bertz CT molecular complexity index is 1450. The van der Waals surface area contributed by atoms with Gasteiger partial charge in [0, 0.05) is 75.6 Å². The number of hydrogen-bond acceptors (Lipinski definition) is 9. The van der Waals surface area contributed by atoms with E-state index in [9.17, 15) is 14.9 Å². The number of pyridine rings is 2. The third kappa shape index (κ3) is 5.64. The van der Waals surface area contributed by atoms with Crippen molar-refractivity contribution in [1.29, 1.82) is 5.26 Å². The summed E-state index contributed by atoms with van der Waals surface area (Å²) in [6.45, 7) is 8.39. The molecule has 0 aromatic carbocycles. The summed E-state index contributed by atoms with van der Waals surface area (Å²) in [4.78, 5) is 45.2. The van der Waals surface area contributed by atoms with Crippen LogP contribution in [0.3, 0.4) is 0 Å². The highest BCUT2D eigenvalue weighted by molar-refractivity contribution is 5.99. The zero-order valence-electron chi connectivity index (χ0n) is 25.2. The average molecular weight is 585 g/mol. The van der Waals surface area contributed by atoms with Gasteiger partial charge in [-0.3, -0.25) is 14.6 Å². The first-order chi connectivity index (χ1) is 20.9. The van der Waals surface area contributed by atoms with E-state index in [4.69, 9.17) is 9.72 Å². The molecule has 0 unspecified atom stereocenters. The van der Waals surface area contributed by atoms with Crippen molar-refractivity contribution >= 4 is 28.9 Å². The van der Waals surface area contributed by atoms with Gasteiger partial charge in [-0.1, -0.05) is 6.58 Å². The second kappa shape index (κ2) is 12.2. The number of rotatable bonds is 7. The van der Waals surface area contributed by atoms with Crippen LogP contribution in [0.25, 0.3) is 0 Å². The van der Waals surface area contributed by atoms with Crippen molar-refractivity contribution in [3.05, 3.63) is 47.9 Å². The van der Waals surface area contributed by atoms with Crippen molar-refractivity contribution in [3.8, 4) is 11.9 Å². The van der Waals surface area contributed by atoms with Gasteiger partial charge in [0.25, 0.3) is 0 Å². The first kappa shape index (κ1) is 28.9. The molecule has 11 nitrogen and oxygen atoms in total. The predicted octanol–water partition coefficient (Wildman–Crippen LogP) is 2.54. The minimum absolute atomic E-state index is 0.105. The van der Waals surface area contributed by atoms with Crippen molar-refractivity contribution in [2.24, 2.45) is 0 Å². The Labute approximate surface area is 253 Å². The summed E-state index contributed by atoms with van der Waals surface area (Å²) >= 11 is 0. The summed E-state index contributed by atoms with van der Waals surface area (Å²) < 4.78 is 6.38. The van der Waals surface area contributed by atoms with Crippen molar-refractivity contribution < 1.29 is 14.3 Å². The molecule has 0 N–H and O–H groups in total. The standard InChI is InChI=1S/C32H40N8O3/c1-4-30(41)40-17-16-39(19-22(40)9-12-33)28-18-29(43-21-23-6-5-14-36(23)2)35-26-20-38(15-11-24(26)28)27-10-13-34-25-7-8-31(42)37(3)32(25)27/h4,10,13,18,22-23H,1,5-9,11,14-17,19-21H2,2-3H3/t22-,23-/m0/s1. The summed E-state index contributed by atoms with van der Waals surface area (Å²) in [6.07, 6.45) is 7.60. The first-order valence-corrected chi connectivity index (χ1v) is 15.3. The molecule has 2 aromatic rings. The van der Waals surface area contributed by atoms with E-state index < -0.39 is 0 Å². The first-order valence-electron chi connectivity index (χ1n) is 15.3. The van der Waals surface area contributed by atoms with Crippen LogP contribution < -0.4 is 19.4 Å². The smallest absolute Gasteiger partial charge is 0.246 e. The van der Waals surface area contributed by atoms with Gasteiger partial charge < -0.3 is 29.2 Å². The lowest BCUT2D eigenvalue weighted by Crippen LogP contribution is -2.55. The molecule has 0 saturated carbocycles. The van der Waals surface area contributed by atoms with E-state index in [0.29, 0.717) is 57.5 Å². The molecule has 2 atom stereocenters. The largest absolute Gasteiger partial charge is 0.476 e. The quantitative estimate of drug-likeness (QED) is 0.454. The van der Waals surface area contributed by atoms with Crippen LogP contribution in [0.4, 0.5) is 17.1 Å². The van der Waals surface area contributed by atoms with Gasteiger partial charge >= 0.3 is 0 Å². The number of fused-ring (bicyclic) bond motifs is 2. The number of carbonyl (C=O) groups excluding carboxylic acids is 2. The summed E-state index contributed by atoms with van der Waals surface area (Å²) in [6, 6.07) is 6.46. The number of aromatic nitrogens is 2. The number of aryl methyl sites for hydroxylation is 1. The van der Waals surface area contributed by atoms with Crippen LogP contribution in [0.1, 0.15) is 42.6 Å². The monoisotopic (exact) mass is 584 g/mol. The fraction of sp³-hybridized carbons (Fsp3) is 0.531. The molecule has 6 rings (SSSR count). The Morgan fingerprint density at radius 2 is 1.98 bits per heavy atom. The number of nitrogens with zero attached hydrogens (tertiary/aromatic N) is 8. The minimum Gasteiger partial charge on any atom is -0.476 e. The van der Waals surface area contributed by atoms with E-state index in [1.165, 1.54) is 18.1 Å². The van der Waals surface area contributed by atoms with Crippen LogP contribution in [0, 0.1) is 11.3 Å². The Kier molecular flexibility index (Phi) is 8.21. The molecule has 4 aliphatic rings. The van der Waals surface area contributed by atoms with Crippen molar-refractivity contribution in [1.82, 2.24) is 19.8 Å². The number of carbonyl (C=O) groups is 2. The highest BCUT2D eigenvalue weighted by Gasteiger charge is 2.34. The van der Waals surface area contributed by atoms with Crippen molar-refractivity contribution in [2.75, 3.05) is 68.1 Å². The lowest BCUT2D eigenvalue weighted by atomic mass is 9.98. The molecule has 226 valence electrons. The van der Waals surface area contributed by atoms with Gasteiger partial charge in [-0.15, -0.1) is 0 Å². The fourth-order valence-corrected chi connectivity index (χ4v) is 7.00. The average Bonchev–Trinajstić information content (AvgIpc) is 3.44. The number of piperazine rings is 1. The van der Waals surface area contributed by atoms with Crippen LogP contribution in [-0.4, -0.2) is 97.1 Å². The highest BCUT2D eigenvalue weighted by Crippen LogP contribution is 2.39. The maximum absolute atomic E-state index is 12.6. The highest BCUT2D eigenvalue weighted by atomic mass is 16.5. The summed E-state index contributed by atoms with van der Waals surface area (Å²) in [5.74, 6) is 0.565. The molecule has 4 aliphatic heterocycles. The molecule has 0 bridgehead atoms. The number of nitriles is 1. The molecular weight excluding hydrogens is 544 g/mol. The molecule has 11 heteroatoms. The van der Waals surface area contributed by atoms with Gasteiger partial charge in [-0.25, -0.2) is 4.98 Å². The topological polar surface area (TPSA) is 109 Å². The van der Waals surface area contributed by atoms with Crippen molar-refractivity contribution in [2.45, 2.75) is 57.2 Å². The Morgan fingerprint density at radius 3 is 2.74 bits per heavy atom. The zero-order valence-corrected chi connectivity index (χ0v) is 25.2. The lowest BCUT2D eigenvalue weighted by Gasteiger charge is -2.43. The maximum atomic E-state index is 12.6. The van der Waals surface area contributed by atoms with Crippen molar-refractivity contribution in [3.63, 3.8) is 0 Å². The summed E-state index contributed by atoms with van der Waals surface area (Å²) in [5.41, 5.74) is 6.04. The number of likely N-dealkylation sites (N-methyl/N-ethyl adjacent to an activating group) is 1. The van der Waals surface area contributed by atoms with E-state index in [2.05, 4.69) is 45.4 Å². The minimum atomic E-state index is -0.221. The molecule has 6 heterocycles. The van der Waals surface area contributed by atoms with E-state index in [0.717, 1.165) is 54.4 Å². The molecule has 0 radical (unpaired) electrons. The van der Waals surface area contributed by atoms with Gasteiger partial charge in [0.1, 0.15) is 6.61 Å². The number of anilines is 3. The van der Waals surface area contributed by atoms with Gasteiger partial charge in [0.2, 0.25) is 17.7 Å². The lowest BCUT2D eigenvalue weighted by molar-refractivity contribution is -0.128. The molecule has 2 fully saturated rings. The Morgan fingerprint density at radius 1 is 1.12 bits per heavy atom. The molecule has 0 aliphatic carbocycles. The van der Waals surface area contributed by atoms with Crippen LogP contribution in [0.15, 0.2) is 31.0 Å². The number of likely N-dealkylation sites (tertiary alicyclic amines) is 1. The third-order valence-corrected chi connectivity index (χ3v) is 9.44. The second-order valence-electron chi connectivity index (χ2n) is 11.9. The number of amides is 2. The molecule has 0 spiro atoms. The van der Waals surface area contributed by atoms with Crippen LogP contribution in [0.2, 0.25) is 0 Å². The van der Waals surface area contributed by atoms with Gasteiger partial charge in [-0.2, -0.15) is 5.26 Å². The summed E-state index contributed by atoms with van der Waals surface area (Å²) in [7, 11) is 3.97. The zero-order chi connectivity index (χ0) is 30.1. The van der Waals surface area contributed by atoms with Gasteiger partial charge in [-0.05, 0) is 45.0 Å². The van der Waals surface area contributed by atoms with E-state index in [-0.39, 0.29) is 24.3 Å². The van der Waals surface area contributed by atoms with Crippen LogP contribution in [0.5, 0.6) is 5.88 Å². The number of ether oxygens (including phenoxy) is 1. The van der Waals surface area contributed by atoms with Gasteiger partial charge in [0.05, 0.1) is 47.8 Å². The third-order valence-electron chi connectivity index (χ3n) is 9.44. The second-order valence-corrected chi connectivity index (χ2v) is 11.9. The molecular formula is C32H40N8O3. The molecule has 43 heavy (non-hydrogen) atoms. The summed E-state index contributed by atoms with van der Waals surface area (Å²) in [5, 5.41) is 9.53. The SMILES string of the molecule is C=CC(=O)N1CCN(c2cc(OC[C@@H]3CCCN3C)nc3c2CCN(c2ccnc4c2N(C)C(=O)CC4)C3)C[C@@H]1CC#N. The van der Waals surface area contributed by atoms with Crippen LogP contribution >= 0.6 is 0 Å². The van der Waals surface area contributed by atoms with E-state index in [1.807, 2.05) is 19.3 Å². The normalized spacial score (nSPS) is 22.2. The van der Waals surface area contributed by atoms with E-state index in [1.54, 1.807) is 9.80 Å². The van der Waals surface area contributed by atoms with E-state index >= 15 is 0 Å². The Hall–Kier alpha value is -4.17. The molecule has 2 aromatic heterocycles. The maximum Gasteiger partial charge on any atom is 0.246 e. The predicted molar refractivity (Wildman–Crippen MR) is 164 cm³/mol. The van der Waals surface area contributed by atoms with Crippen LogP contribution in [-0.2, 0) is 29.0 Å².